The van der Waals surface area contributed by atoms with Gasteiger partial charge in [-0.05, 0) is 43.9 Å². The Morgan fingerprint density at radius 1 is 1.26 bits per heavy atom. The van der Waals surface area contributed by atoms with Crippen molar-refractivity contribution < 1.29 is 18.3 Å². The van der Waals surface area contributed by atoms with E-state index in [1.54, 1.807) is 6.92 Å². The molecule has 6 nitrogen and oxygen atoms in total. The Bertz CT molecular complexity index is 641. The summed E-state index contributed by atoms with van der Waals surface area (Å²) in [6, 6.07) is 3.89. The second-order valence-corrected chi connectivity index (χ2v) is 7.74. The van der Waals surface area contributed by atoms with Crippen LogP contribution in [0.15, 0.2) is 23.1 Å². The van der Waals surface area contributed by atoms with E-state index in [9.17, 15) is 13.2 Å². The monoisotopic (exact) mass is 342 g/mol. The van der Waals surface area contributed by atoms with Crippen molar-refractivity contribution in [1.29, 1.82) is 0 Å². The number of aromatic carboxylic acids is 1. The van der Waals surface area contributed by atoms with Crippen LogP contribution in [0.5, 0.6) is 0 Å². The van der Waals surface area contributed by atoms with Gasteiger partial charge in [0.15, 0.2) is 0 Å². The highest BCUT2D eigenvalue weighted by Crippen LogP contribution is 2.24. The maximum absolute atomic E-state index is 12.6. The first-order valence-electron chi connectivity index (χ1n) is 7.81. The van der Waals surface area contributed by atoms with E-state index in [-0.39, 0.29) is 16.5 Å². The molecule has 1 atom stereocenters. The molecule has 0 saturated carbocycles. The minimum atomic E-state index is -3.78. The van der Waals surface area contributed by atoms with Crippen molar-refractivity contribution in [2.24, 2.45) is 5.92 Å². The number of carboxylic acid groups (broad SMARTS) is 1. The van der Waals surface area contributed by atoms with E-state index in [1.807, 2.05) is 6.92 Å². The summed E-state index contributed by atoms with van der Waals surface area (Å²) in [5.74, 6) is -0.669. The van der Waals surface area contributed by atoms with Crippen molar-refractivity contribution in [2.75, 3.05) is 11.9 Å². The van der Waals surface area contributed by atoms with E-state index in [0.29, 0.717) is 24.6 Å². The quantitative estimate of drug-likeness (QED) is 0.641. The van der Waals surface area contributed by atoms with Gasteiger partial charge in [-0.3, -0.25) is 0 Å². The molecule has 1 aromatic carbocycles. The molecular weight excluding hydrogens is 316 g/mol. The molecule has 0 aliphatic carbocycles. The topological polar surface area (TPSA) is 95.5 Å². The van der Waals surface area contributed by atoms with E-state index in [0.717, 1.165) is 6.42 Å². The van der Waals surface area contributed by atoms with Crippen LogP contribution in [0.1, 0.15) is 50.9 Å². The van der Waals surface area contributed by atoms with E-state index in [1.165, 1.54) is 18.2 Å². The molecule has 1 aromatic rings. The Kier molecular flexibility index (Phi) is 7.02. The van der Waals surface area contributed by atoms with E-state index in [2.05, 4.69) is 23.9 Å². The predicted molar refractivity (Wildman–Crippen MR) is 91.4 cm³/mol. The van der Waals surface area contributed by atoms with Gasteiger partial charge >= 0.3 is 5.97 Å². The molecule has 0 bridgehead atoms. The van der Waals surface area contributed by atoms with E-state index >= 15 is 0 Å². The summed E-state index contributed by atoms with van der Waals surface area (Å²) >= 11 is 0. The second-order valence-electron chi connectivity index (χ2n) is 6.06. The maximum atomic E-state index is 12.6. The summed E-state index contributed by atoms with van der Waals surface area (Å²) in [6.45, 7) is 8.43. The maximum Gasteiger partial charge on any atom is 0.335 e. The molecule has 1 rings (SSSR count). The van der Waals surface area contributed by atoms with Crippen molar-refractivity contribution in [3.63, 3.8) is 0 Å². The number of benzene rings is 1. The van der Waals surface area contributed by atoms with Crippen LogP contribution in [-0.4, -0.2) is 32.1 Å². The number of nitrogens with one attached hydrogen (secondary N) is 2. The largest absolute Gasteiger partial charge is 0.478 e. The van der Waals surface area contributed by atoms with E-state index < -0.39 is 16.0 Å². The van der Waals surface area contributed by atoms with Gasteiger partial charge in [0, 0.05) is 12.6 Å². The lowest BCUT2D eigenvalue weighted by molar-refractivity contribution is 0.0696. The average Bonchev–Trinajstić information content (AvgIpc) is 2.46. The van der Waals surface area contributed by atoms with Gasteiger partial charge in [0.25, 0.3) is 0 Å². The summed E-state index contributed by atoms with van der Waals surface area (Å²) in [4.78, 5) is 11.1. The predicted octanol–water partition coefficient (Wildman–Crippen LogP) is 2.92. The van der Waals surface area contributed by atoms with Crippen LogP contribution in [0.4, 0.5) is 5.69 Å². The lowest BCUT2D eigenvalue weighted by atomic mass is 10.1. The van der Waals surface area contributed by atoms with Gasteiger partial charge in [0.1, 0.15) is 4.90 Å². The standard InChI is InChI=1S/C16H26N2O4S/c1-5-12(4)18-23(21,22)15-10-13(16(19)20)6-7-14(15)17-9-8-11(2)3/h6-7,10-12,17-18H,5,8-9H2,1-4H3,(H,19,20). The molecule has 130 valence electrons. The smallest absolute Gasteiger partial charge is 0.335 e. The zero-order chi connectivity index (χ0) is 17.6. The van der Waals surface area contributed by atoms with Crippen molar-refractivity contribution in [3.8, 4) is 0 Å². The molecule has 0 spiro atoms. The molecule has 3 N–H and O–H groups in total. The Morgan fingerprint density at radius 2 is 1.91 bits per heavy atom. The lowest BCUT2D eigenvalue weighted by Crippen LogP contribution is -2.32. The molecule has 0 aliphatic rings. The van der Waals surface area contributed by atoms with Crippen LogP contribution in [0, 0.1) is 5.92 Å². The summed E-state index contributed by atoms with van der Waals surface area (Å²) in [5.41, 5.74) is 0.371. The minimum Gasteiger partial charge on any atom is -0.478 e. The van der Waals surface area contributed by atoms with Crippen LogP contribution in [0.3, 0.4) is 0 Å². The van der Waals surface area contributed by atoms with E-state index in [4.69, 9.17) is 5.11 Å². The number of sulfonamides is 1. The number of carbonyl (C=O) groups is 1. The first-order valence-corrected chi connectivity index (χ1v) is 9.29. The number of hydrogen-bond donors (Lipinski definition) is 3. The third kappa shape index (κ3) is 5.84. The lowest BCUT2D eigenvalue weighted by Gasteiger charge is -2.17. The average molecular weight is 342 g/mol. The number of anilines is 1. The normalized spacial score (nSPS) is 13.1. The van der Waals surface area contributed by atoms with Crippen molar-refractivity contribution in [1.82, 2.24) is 4.72 Å². The highest BCUT2D eigenvalue weighted by molar-refractivity contribution is 7.89. The summed E-state index contributed by atoms with van der Waals surface area (Å²) in [7, 11) is -3.78. The summed E-state index contributed by atoms with van der Waals surface area (Å²) < 4.78 is 27.7. The van der Waals surface area contributed by atoms with Crippen LogP contribution < -0.4 is 10.0 Å². The minimum absolute atomic E-state index is 0.0264. The van der Waals surface area contributed by atoms with Crippen LogP contribution in [-0.2, 0) is 10.0 Å². The molecule has 1 unspecified atom stereocenters. The van der Waals surface area contributed by atoms with Crippen molar-refractivity contribution >= 4 is 21.7 Å². The van der Waals surface area contributed by atoms with Gasteiger partial charge in [-0.1, -0.05) is 20.8 Å². The molecule has 0 saturated heterocycles. The number of rotatable bonds is 9. The van der Waals surface area contributed by atoms with Gasteiger partial charge in [0.05, 0.1) is 11.3 Å². The zero-order valence-corrected chi connectivity index (χ0v) is 14.9. The van der Waals surface area contributed by atoms with Crippen LogP contribution >= 0.6 is 0 Å². The Hall–Kier alpha value is -1.60. The number of hydrogen-bond acceptors (Lipinski definition) is 4. The van der Waals surface area contributed by atoms with Crippen molar-refractivity contribution in [2.45, 2.75) is 51.5 Å². The third-order valence-electron chi connectivity index (χ3n) is 3.52. The first kappa shape index (κ1) is 19.4. The third-order valence-corrected chi connectivity index (χ3v) is 5.15. The van der Waals surface area contributed by atoms with Gasteiger partial charge in [-0.15, -0.1) is 0 Å². The number of carboxylic acids is 1. The summed E-state index contributed by atoms with van der Waals surface area (Å²) in [6.07, 6.45) is 1.53. The highest BCUT2D eigenvalue weighted by atomic mass is 32.2. The fourth-order valence-corrected chi connectivity index (χ4v) is 3.47. The van der Waals surface area contributed by atoms with Crippen LogP contribution in [0.25, 0.3) is 0 Å². The molecule has 0 heterocycles. The zero-order valence-electron chi connectivity index (χ0n) is 14.1. The Balaban J connectivity index is 3.17. The molecule has 7 heteroatoms. The Morgan fingerprint density at radius 3 is 2.43 bits per heavy atom. The second kappa shape index (κ2) is 8.31. The molecule has 23 heavy (non-hydrogen) atoms. The van der Waals surface area contributed by atoms with Gasteiger partial charge in [0.2, 0.25) is 10.0 Å². The van der Waals surface area contributed by atoms with Crippen molar-refractivity contribution in [3.05, 3.63) is 23.8 Å². The first-order chi connectivity index (χ1) is 10.7. The molecule has 0 radical (unpaired) electrons. The SMILES string of the molecule is CCC(C)NS(=O)(=O)c1cc(C(=O)O)ccc1NCCC(C)C. The van der Waals surface area contributed by atoms with Crippen LogP contribution in [0.2, 0.25) is 0 Å². The Labute approximate surface area is 138 Å². The molecule has 0 amide bonds. The van der Waals surface area contributed by atoms with Gasteiger partial charge in [-0.2, -0.15) is 0 Å². The summed E-state index contributed by atoms with van der Waals surface area (Å²) in [5, 5.41) is 12.2. The molecule has 0 aromatic heterocycles. The fraction of sp³-hybridized carbons (Fsp3) is 0.562. The molecular formula is C16H26N2O4S. The highest BCUT2D eigenvalue weighted by Gasteiger charge is 2.22. The van der Waals surface area contributed by atoms with Gasteiger partial charge in [-0.25, -0.2) is 17.9 Å². The molecule has 0 fully saturated rings. The molecule has 0 aliphatic heterocycles. The van der Waals surface area contributed by atoms with Gasteiger partial charge < -0.3 is 10.4 Å². The fourth-order valence-electron chi connectivity index (χ4n) is 1.93.